The predicted molar refractivity (Wildman–Crippen MR) is 130 cm³/mol. The molecule has 2 amide bonds. The van der Waals surface area contributed by atoms with E-state index in [2.05, 4.69) is 28.8 Å². The topological polar surface area (TPSA) is 61.4 Å². The Morgan fingerprint density at radius 3 is 2.44 bits per heavy atom. The maximum Gasteiger partial charge on any atom is 0.261 e. The summed E-state index contributed by atoms with van der Waals surface area (Å²) in [6.07, 6.45) is 4.45. The van der Waals surface area contributed by atoms with Gasteiger partial charge < -0.3 is 15.5 Å². The Morgan fingerprint density at radius 1 is 0.969 bits per heavy atom. The highest BCUT2D eigenvalue weighted by Crippen LogP contribution is 2.31. The molecule has 3 aromatic rings. The van der Waals surface area contributed by atoms with Gasteiger partial charge in [0.25, 0.3) is 11.8 Å². The van der Waals surface area contributed by atoms with Gasteiger partial charge in [0.2, 0.25) is 0 Å². The van der Waals surface area contributed by atoms with Gasteiger partial charge in [0, 0.05) is 29.9 Å². The van der Waals surface area contributed by atoms with Crippen LogP contribution < -0.4 is 10.6 Å². The second kappa shape index (κ2) is 9.43. The van der Waals surface area contributed by atoms with E-state index in [1.54, 1.807) is 11.3 Å². The zero-order valence-corrected chi connectivity index (χ0v) is 19.0. The summed E-state index contributed by atoms with van der Waals surface area (Å²) in [6.45, 7) is 4.56. The monoisotopic (exact) mass is 447 g/mol. The summed E-state index contributed by atoms with van der Waals surface area (Å²) in [7, 11) is 0. The van der Waals surface area contributed by atoms with Crippen molar-refractivity contribution in [2.45, 2.75) is 25.7 Å². The minimum Gasteiger partial charge on any atom is -0.351 e. The molecule has 0 atom stereocenters. The van der Waals surface area contributed by atoms with Crippen molar-refractivity contribution >= 4 is 33.2 Å². The molecule has 0 spiro atoms. The SMILES string of the molecule is O=C(NCC1CCNCC1)c1cc2cc(-c3ccc(C(=O)N4CCCC4)cc3)ccc2s1. The van der Waals surface area contributed by atoms with E-state index in [1.807, 2.05) is 35.2 Å². The molecule has 0 bridgehead atoms. The number of carbonyl (C=O) groups excluding carboxylic acids is 2. The normalized spacial score (nSPS) is 17.1. The lowest BCUT2D eigenvalue weighted by atomic mass is 9.98. The molecule has 32 heavy (non-hydrogen) atoms. The summed E-state index contributed by atoms with van der Waals surface area (Å²) in [5.41, 5.74) is 2.92. The van der Waals surface area contributed by atoms with Crippen LogP contribution in [0.1, 0.15) is 45.7 Å². The molecular weight excluding hydrogens is 418 g/mol. The Hall–Kier alpha value is -2.70. The third-order valence-electron chi connectivity index (χ3n) is 6.61. The Kier molecular flexibility index (Phi) is 6.23. The van der Waals surface area contributed by atoms with Crippen LogP contribution in [0.2, 0.25) is 0 Å². The average Bonchev–Trinajstić information content (AvgIpc) is 3.53. The van der Waals surface area contributed by atoms with Crippen molar-refractivity contribution in [3.8, 4) is 11.1 Å². The number of hydrogen-bond donors (Lipinski definition) is 2. The Balaban J connectivity index is 1.28. The van der Waals surface area contributed by atoms with Crippen LogP contribution in [0.5, 0.6) is 0 Å². The van der Waals surface area contributed by atoms with Crippen LogP contribution >= 0.6 is 11.3 Å². The number of nitrogens with one attached hydrogen (secondary N) is 2. The minimum atomic E-state index is 0.0241. The number of piperidine rings is 1. The van der Waals surface area contributed by atoms with Crippen molar-refractivity contribution in [2.75, 3.05) is 32.7 Å². The van der Waals surface area contributed by atoms with Gasteiger partial charge in [-0.05, 0) is 91.5 Å². The first-order chi connectivity index (χ1) is 15.7. The van der Waals surface area contributed by atoms with Gasteiger partial charge in [-0.15, -0.1) is 11.3 Å². The molecule has 0 saturated carbocycles. The summed E-state index contributed by atoms with van der Waals surface area (Å²) in [5.74, 6) is 0.722. The van der Waals surface area contributed by atoms with Crippen molar-refractivity contribution in [3.05, 3.63) is 59.0 Å². The number of amides is 2. The van der Waals surface area contributed by atoms with E-state index in [0.717, 1.165) is 90.1 Å². The summed E-state index contributed by atoms with van der Waals surface area (Å²) >= 11 is 1.54. The van der Waals surface area contributed by atoms with Crippen LogP contribution in [0.15, 0.2) is 48.5 Å². The lowest BCUT2D eigenvalue weighted by Gasteiger charge is -2.22. The van der Waals surface area contributed by atoms with E-state index >= 15 is 0 Å². The summed E-state index contributed by atoms with van der Waals surface area (Å²) < 4.78 is 1.11. The highest BCUT2D eigenvalue weighted by molar-refractivity contribution is 7.20. The average molecular weight is 448 g/mol. The first kappa shape index (κ1) is 21.2. The zero-order chi connectivity index (χ0) is 21.9. The third-order valence-corrected chi connectivity index (χ3v) is 7.72. The molecule has 0 aliphatic carbocycles. The highest BCUT2D eigenvalue weighted by Gasteiger charge is 2.19. The smallest absolute Gasteiger partial charge is 0.261 e. The summed E-state index contributed by atoms with van der Waals surface area (Å²) in [6, 6.07) is 16.2. The molecule has 2 fully saturated rings. The maximum atomic E-state index is 12.7. The zero-order valence-electron chi connectivity index (χ0n) is 18.2. The first-order valence-electron chi connectivity index (χ1n) is 11.6. The number of fused-ring (bicyclic) bond motifs is 1. The van der Waals surface area contributed by atoms with E-state index in [1.165, 1.54) is 0 Å². The number of benzene rings is 2. The maximum absolute atomic E-state index is 12.7. The minimum absolute atomic E-state index is 0.0241. The van der Waals surface area contributed by atoms with Gasteiger partial charge in [0.15, 0.2) is 0 Å². The standard InChI is InChI=1S/C26H29N3O2S/c30-25(28-17-18-9-11-27-12-10-18)24-16-22-15-21(7-8-23(22)32-24)19-3-5-20(6-4-19)26(31)29-13-1-2-14-29/h3-8,15-16,18,27H,1-2,9-14,17H2,(H,28,30). The van der Waals surface area contributed by atoms with E-state index in [9.17, 15) is 9.59 Å². The molecule has 5 nitrogen and oxygen atoms in total. The molecular formula is C26H29N3O2S. The molecule has 1 aromatic heterocycles. The van der Waals surface area contributed by atoms with Crippen LogP contribution in [0.3, 0.4) is 0 Å². The Labute approximate surface area is 192 Å². The molecule has 5 rings (SSSR count). The fourth-order valence-electron chi connectivity index (χ4n) is 4.65. The number of nitrogens with zero attached hydrogens (tertiary/aromatic N) is 1. The van der Waals surface area contributed by atoms with Crippen LogP contribution in [0.25, 0.3) is 21.2 Å². The Morgan fingerprint density at radius 2 is 1.69 bits per heavy atom. The molecule has 3 heterocycles. The van der Waals surface area contributed by atoms with E-state index in [4.69, 9.17) is 0 Å². The van der Waals surface area contributed by atoms with E-state index < -0.39 is 0 Å². The predicted octanol–water partition coefficient (Wildman–Crippen LogP) is 4.53. The number of thiophene rings is 1. The van der Waals surface area contributed by atoms with Gasteiger partial charge in [0.05, 0.1) is 4.88 Å². The van der Waals surface area contributed by atoms with Crippen molar-refractivity contribution in [1.82, 2.24) is 15.5 Å². The number of rotatable bonds is 5. The number of carbonyl (C=O) groups is 2. The van der Waals surface area contributed by atoms with Crippen LogP contribution in [-0.2, 0) is 0 Å². The molecule has 0 radical (unpaired) electrons. The summed E-state index contributed by atoms with van der Waals surface area (Å²) in [4.78, 5) is 27.9. The quantitative estimate of drug-likeness (QED) is 0.604. The number of hydrogen-bond acceptors (Lipinski definition) is 4. The number of likely N-dealkylation sites (tertiary alicyclic amines) is 1. The fraction of sp³-hybridized carbons (Fsp3) is 0.385. The lowest BCUT2D eigenvalue weighted by Crippen LogP contribution is -2.35. The van der Waals surface area contributed by atoms with Crippen LogP contribution in [0, 0.1) is 5.92 Å². The third kappa shape index (κ3) is 4.57. The van der Waals surface area contributed by atoms with Crippen molar-refractivity contribution < 1.29 is 9.59 Å². The second-order valence-corrected chi connectivity index (χ2v) is 9.93. The second-order valence-electron chi connectivity index (χ2n) is 8.84. The van der Waals surface area contributed by atoms with Gasteiger partial charge in [-0.3, -0.25) is 9.59 Å². The fourth-order valence-corrected chi connectivity index (χ4v) is 5.61. The van der Waals surface area contributed by atoms with Gasteiger partial charge in [-0.25, -0.2) is 0 Å². The van der Waals surface area contributed by atoms with E-state index in [0.29, 0.717) is 5.92 Å². The molecule has 0 unspecified atom stereocenters. The first-order valence-corrected chi connectivity index (χ1v) is 12.4. The van der Waals surface area contributed by atoms with Gasteiger partial charge in [0.1, 0.15) is 0 Å². The Bertz CT molecular complexity index is 1110. The molecule has 166 valence electrons. The molecule has 2 N–H and O–H groups in total. The van der Waals surface area contributed by atoms with Crippen LogP contribution in [-0.4, -0.2) is 49.4 Å². The largest absolute Gasteiger partial charge is 0.351 e. The molecule has 2 aromatic carbocycles. The van der Waals surface area contributed by atoms with Crippen molar-refractivity contribution in [1.29, 1.82) is 0 Å². The van der Waals surface area contributed by atoms with Crippen LogP contribution in [0.4, 0.5) is 0 Å². The van der Waals surface area contributed by atoms with Crippen molar-refractivity contribution in [3.63, 3.8) is 0 Å². The molecule has 6 heteroatoms. The lowest BCUT2D eigenvalue weighted by molar-refractivity contribution is 0.0792. The van der Waals surface area contributed by atoms with E-state index in [-0.39, 0.29) is 11.8 Å². The highest BCUT2D eigenvalue weighted by atomic mass is 32.1. The van der Waals surface area contributed by atoms with Gasteiger partial charge in [-0.1, -0.05) is 18.2 Å². The van der Waals surface area contributed by atoms with Crippen molar-refractivity contribution in [2.24, 2.45) is 5.92 Å². The molecule has 2 aliphatic rings. The molecule has 2 saturated heterocycles. The molecule has 2 aliphatic heterocycles. The van der Waals surface area contributed by atoms with Gasteiger partial charge in [-0.2, -0.15) is 0 Å². The summed E-state index contributed by atoms with van der Waals surface area (Å²) in [5, 5.41) is 7.57. The van der Waals surface area contributed by atoms with Gasteiger partial charge >= 0.3 is 0 Å².